The van der Waals surface area contributed by atoms with Gasteiger partial charge in [-0.25, -0.2) is 0 Å². The number of benzene rings is 2. The lowest BCUT2D eigenvalue weighted by atomic mass is 10.3. The maximum absolute atomic E-state index is 6.03. The Hall–Kier alpha value is -1.39. The zero-order chi connectivity index (χ0) is 14.4. The maximum Gasteiger partial charge on any atom is 0.139 e. The minimum Gasteiger partial charge on any atom is -0.493 e. The molecule has 0 saturated carbocycles. The molecule has 0 spiro atoms. The summed E-state index contributed by atoms with van der Waals surface area (Å²) in [5.41, 5.74) is 6.33. The highest BCUT2D eigenvalue weighted by Gasteiger charge is 2.02. The minimum atomic E-state index is 0.547. The summed E-state index contributed by atoms with van der Waals surface area (Å²) in [4.78, 5) is 0. The largest absolute Gasteiger partial charge is 0.493 e. The molecule has 0 aliphatic heterocycles. The molecule has 0 unspecified atom stereocenters. The number of hydrogen-bond donors (Lipinski definition) is 1. The lowest BCUT2D eigenvalue weighted by Gasteiger charge is -2.09. The van der Waals surface area contributed by atoms with Gasteiger partial charge in [-0.1, -0.05) is 27.5 Å². The van der Waals surface area contributed by atoms with Gasteiger partial charge in [0.1, 0.15) is 11.5 Å². The van der Waals surface area contributed by atoms with E-state index in [-0.39, 0.29) is 0 Å². The quantitative estimate of drug-likeness (QED) is 0.611. The van der Waals surface area contributed by atoms with Crippen LogP contribution < -0.4 is 15.2 Å². The van der Waals surface area contributed by atoms with E-state index < -0.39 is 0 Å². The number of nitrogens with two attached hydrogens (primary N) is 1. The third-order valence-corrected chi connectivity index (χ3v) is 3.39. The fourth-order valence-electron chi connectivity index (χ4n) is 1.58. The molecule has 0 aromatic heterocycles. The molecule has 0 bridgehead atoms. The Morgan fingerprint density at radius 1 is 1.00 bits per heavy atom. The molecule has 0 fully saturated rings. The van der Waals surface area contributed by atoms with Crippen molar-refractivity contribution in [2.45, 2.75) is 6.42 Å². The van der Waals surface area contributed by atoms with Crippen molar-refractivity contribution in [1.82, 2.24) is 0 Å². The van der Waals surface area contributed by atoms with Crippen LogP contribution >= 0.6 is 27.5 Å². The summed E-state index contributed by atoms with van der Waals surface area (Å²) < 4.78 is 12.1. The molecule has 0 aliphatic rings. The van der Waals surface area contributed by atoms with Gasteiger partial charge >= 0.3 is 0 Å². The summed E-state index contributed by atoms with van der Waals surface area (Å²) in [5, 5.41) is 0.604. The second kappa shape index (κ2) is 7.41. The number of halogens is 2. The van der Waals surface area contributed by atoms with Gasteiger partial charge in [0.25, 0.3) is 0 Å². The number of anilines is 1. The summed E-state index contributed by atoms with van der Waals surface area (Å²) in [6, 6.07) is 12.8. The van der Waals surface area contributed by atoms with Gasteiger partial charge in [0.15, 0.2) is 0 Å². The molecule has 0 heterocycles. The lowest BCUT2D eigenvalue weighted by molar-refractivity contribution is 0.247. The number of hydrogen-bond acceptors (Lipinski definition) is 3. The number of rotatable bonds is 6. The Bertz CT molecular complexity index is 560. The molecular formula is C15H15BrClNO2. The summed E-state index contributed by atoms with van der Waals surface area (Å²) in [7, 11) is 0. The predicted octanol–water partition coefficient (Wildman–Crippen LogP) is 4.53. The van der Waals surface area contributed by atoms with Crippen molar-refractivity contribution in [3.8, 4) is 11.5 Å². The van der Waals surface area contributed by atoms with Gasteiger partial charge in [-0.3, -0.25) is 0 Å². The Morgan fingerprint density at radius 3 is 2.45 bits per heavy atom. The fraction of sp³-hybridized carbons (Fsp3) is 0.200. The predicted molar refractivity (Wildman–Crippen MR) is 85.6 cm³/mol. The molecule has 2 aromatic rings. The molecule has 2 aromatic carbocycles. The van der Waals surface area contributed by atoms with E-state index in [1.165, 1.54) is 0 Å². The lowest BCUT2D eigenvalue weighted by Crippen LogP contribution is -2.05. The first kappa shape index (κ1) is 15.0. The van der Waals surface area contributed by atoms with E-state index in [4.69, 9.17) is 26.8 Å². The van der Waals surface area contributed by atoms with Gasteiger partial charge in [0.2, 0.25) is 0 Å². The van der Waals surface area contributed by atoms with Crippen molar-refractivity contribution in [3.05, 3.63) is 52.0 Å². The summed E-state index contributed by atoms with van der Waals surface area (Å²) in [5.74, 6) is 1.48. The molecule has 106 valence electrons. The SMILES string of the molecule is Nc1ccc(OCCCOc2cc(Br)ccc2Cl)cc1. The molecule has 0 radical (unpaired) electrons. The Balaban J connectivity index is 1.71. The molecule has 5 heteroatoms. The fourth-order valence-corrected chi connectivity index (χ4v) is 2.10. The molecule has 0 saturated heterocycles. The van der Waals surface area contributed by atoms with Crippen molar-refractivity contribution in [2.24, 2.45) is 0 Å². The van der Waals surface area contributed by atoms with Gasteiger partial charge in [0, 0.05) is 16.6 Å². The summed E-state index contributed by atoms with van der Waals surface area (Å²) in [6.45, 7) is 1.13. The molecule has 20 heavy (non-hydrogen) atoms. The average molecular weight is 357 g/mol. The first-order chi connectivity index (χ1) is 9.65. The molecular weight excluding hydrogens is 342 g/mol. The highest BCUT2D eigenvalue weighted by atomic mass is 79.9. The number of nitrogen functional groups attached to an aromatic ring is 1. The zero-order valence-electron chi connectivity index (χ0n) is 10.8. The Kier molecular flexibility index (Phi) is 5.56. The molecule has 2 N–H and O–H groups in total. The highest BCUT2D eigenvalue weighted by Crippen LogP contribution is 2.27. The molecule has 0 aliphatic carbocycles. The van der Waals surface area contributed by atoms with Crippen LogP contribution in [-0.4, -0.2) is 13.2 Å². The monoisotopic (exact) mass is 355 g/mol. The van der Waals surface area contributed by atoms with Crippen LogP contribution in [0.5, 0.6) is 11.5 Å². The van der Waals surface area contributed by atoms with E-state index in [0.717, 1.165) is 22.3 Å². The van der Waals surface area contributed by atoms with E-state index >= 15 is 0 Å². The van der Waals surface area contributed by atoms with E-state index in [1.807, 2.05) is 36.4 Å². The smallest absolute Gasteiger partial charge is 0.139 e. The standard InChI is InChI=1S/C15H15BrClNO2/c16-11-2-7-14(17)15(10-11)20-9-1-8-19-13-5-3-12(18)4-6-13/h2-7,10H,1,8-9,18H2. The first-order valence-electron chi connectivity index (χ1n) is 6.21. The van der Waals surface area contributed by atoms with Gasteiger partial charge in [-0.2, -0.15) is 0 Å². The van der Waals surface area contributed by atoms with Crippen LogP contribution in [0.1, 0.15) is 6.42 Å². The second-order valence-corrected chi connectivity index (χ2v) is 5.52. The van der Waals surface area contributed by atoms with Crippen molar-refractivity contribution < 1.29 is 9.47 Å². The first-order valence-corrected chi connectivity index (χ1v) is 7.38. The van der Waals surface area contributed by atoms with Crippen molar-refractivity contribution >= 4 is 33.2 Å². The van der Waals surface area contributed by atoms with E-state index in [2.05, 4.69) is 15.9 Å². The molecule has 2 rings (SSSR count). The van der Waals surface area contributed by atoms with Crippen LogP contribution in [-0.2, 0) is 0 Å². The van der Waals surface area contributed by atoms with Crippen molar-refractivity contribution in [1.29, 1.82) is 0 Å². The molecule has 0 amide bonds. The van der Waals surface area contributed by atoms with Crippen LogP contribution in [0.15, 0.2) is 46.9 Å². The normalized spacial score (nSPS) is 10.3. The van der Waals surface area contributed by atoms with Crippen molar-refractivity contribution in [3.63, 3.8) is 0 Å². The van der Waals surface area contributed by atoms with E-state index in [0.29, 0.717) is 24.0 Å². The van der Waals surface area contributed by atoms with Crippen LogP contribution in [0.25, 0.3) is 0 Å². The maximum atomic E-state index is 6.03. The van der Waals surface area contributed by atoms with Gasteiger partial charge in [-0.15, -0.1) is 0 Å². The molecule has 0 atom stereocenters. The van der Waals surface area contributed by atoms with E-state index in [9.17, 15) is 0 Å². The minimum absolute atomic E-state index is 0.547. The third kappa shape index (κ3) is 4.62. The van der Waals surface area contributed by atoms with Crippen molar-refractivity contribution in [2.75, 3.05) is 18.9 Å². The topological polar surface area (TPSA) is 44.5 Å². The second-order valence-electron chi connectivity index (χ2n) is 4.19. The van der Waals surface area contributed by atoms with Gasteiger partial charge in [0.05, 0.1) is 18.2 Å². The van der Waals surface area contributed by atoms with Gasteiger partial charge < -0.3 is 15.2 Å². The van der Waals surface area contributed by atoms with E-state index in [1.54, 1.807) is 6.07 Å². The van der Waals surface area contributed by atoms with Gasteiger partial charge in [-0.05, 0) is 42.5 Å². The highest BCUT2D eigenvalue weighted by molar-refractivity contribution is 9.10. The zero-order valence-corrected chi connectivity index (χ0v) is 13.2. The van der Waals surface area contributed by atoms with Crippen LogP contribution in [0.3, 0.4) is 0 Å². The Morgan fingerprint density at radius 2 is 1.70 bits per heavy atom. The number of ether oxygens (including phenoxy) is 2. The molecule has 3 nitrogen and oxygen atoms in total. The average Bonchev–Trinajstić information content (AvgIpc) is 2.44. The third-order valence-electron chi connectivity index (χ3n) is 2.59. The summed E-state index contributed by atoms with van der Waals surface area (Å²) in [6.07, 6.45) is 0.771. The van der Waals surface area contributed by atoms with Crippen LogP contribution in [0, 0.1) is 0 Å². The van der Waals surface area contributed by atoms with Crippen LogP contribution in [0.4, 0.5) is 5.69 Å². The Labute approximate surface area is 131 Å². The summed E-state index contributed by atoms with van der Waals surface area (Å²) >= 11 is 9.41. The van der Waals surface area contributed by atoms with Crippen LogP contribution in [0.2, 0.25) is 5.02 Å².